The van der Waals surface area contributed by atoms with Crippen LogP contribution in [0.2, 0.25) is 0 Å². The highest BCUT2D eigenvalue weighted by molar-refractivity contribution is 5.87. The fourth-order valence-electron chi connectivity index (χ4n) is 4.60. The molecule has 3 aromatic rings. The maximum Gasteiger partial charge on any atom is 0.234 e. The third-order valence-electron chi connectivity index (χ3n) is 6.43. The Morgan fingerprint density at radius 1 is 0.788 bits per heavy atom. The van der Waals surface area contributed by atoms with E-state index in [1.165, 1.54) is 0 Å². The first-order valence-electron chi connectivity index (χ1n) is 11.6. The van der Waals surface area contributed by atoms with E-state index in [9.17, 15) is 4.79 Å². The predicted molar refractivity (Wildman–Crippen MR) is 129 cm³/mol. The van der Waals surface area contributed by atoms with Gasteiger partial charge in [0.15, 0.2) is 5.82 Å². The number of rotatable bonds is 5. The lowest BCUT2D eigenvalue weighted by Gasteiger charge is -2.38. The molecule has 0 saturated carbocycles. The second kappa shape index (κ2) is 10.0. The molecule has 33 heavy (non-hydrogen) atoms. The van der Waals surface area contributed by atoms with Crippen LogP contribution >= 0.6 is 0 Å². The van der Waals surface area contributed by atoms with E-state index < -0.39 is 0 Å². The topological polar surface area (TPSA) is 61.8 Å². The molecule has 2 aromatic carbocycles. The summed E-state index contributed by atoms with van der Waals surface area (Å²) >= 11 is 0. The summed E-state index contributed by atoms with van der Waals surface area (Å²) in [5, 5.41) is 8.56. The second-order valence-electron chi connectivity index (χ2n) is 8.44. The van der Waals surface area contributed by atoms with Gasteiger partial charge in [0.2, 0.25) is 5.91 Å². The zero-order valence-corrected chi connectivity index (χ0v) is 18.7. The van der Waals surface area contributed by atoms with Gasteiger partial charge in [0.05, 0.1) is 31.0 Å². The van der Waals surface area contributed by atoms with Gasteiger partial charge in [0.25, 0.3) is 0 Å². The van der Waals surface area contributed by atoms with Gasteiger partial charge in [-0.25, -0.2) is 0 Å². The molecule has 1 aromatic heterocycles. The summed E-state index contributed by atoms with van der Waals surface area (Å²) in [4.78, 5) is 20.2. The van der Waals surface area contributed by atoms with Gasteiger partial charge in [-0.2, -0.15) is 5.10 Å². The summed E-state index contributed by atoms with van der Waals surface area (Å²) in [6, 6.07) is 22.3. The Hall–Kier alpha value is -3.45. The average molecular weight is 444 g/mol. The number of aromatic nitrogens is 2. The van der Waals surface area contributed by atoms with Crippen molar-refractivity contribution in [3.05, 3.63) is 84.1 Å². The molecule has 2 aliphatic rings. The zero-order valence-electron chi connectivity index (χ0n) is 18.7. The molecule has 2 saturated heterocycles. The quantitative estimate of drug-likeness (QED) is 0.604. The largest absolute Gasteiger partial charge is 0.378 e. The van der Waals surface area contributed by atoms with Crippen molar-refractivity contribution in [1.82, 2.24) is 15.1 Å². The van der Waals surface area contributed by atoms with Crippen LogP contribution in [0.1, 0.15) is 17.0 Å². The summed E-state index contributed by atoms with van der Waals surface area (Å²) in [6.07, 6.45) is 1.82. The molecule has 1 amide bonds. The van der Waals surface area contributed by atoms with Gasteiger partial charge in [-0.1, -0.05) is 60.7 Å². The Kier molecular flexibility index (Phi) is 6.48. The predicted octanol–water partition coefficient (Wildman–Crippen LogP) is 2.79. The van der Waals surface area contributed by atoms with Gasteiger partial charge >= 0.3 is 0 Å². The second-order valence-corrected chi connectivity index (χ2v) is 8.44. The monoisotopic (exact) mass is 443 g/mol. The van der Waals surface area contributed by atoms with Crippen molar-refractivity contribution in [1.29, 1.82) is 0 Å². The summed E-state index contributed by atoms with van der Waals surface area (Å²) in [6.45, 7) is 6.02. The SMILES string of the molecule is O=C(C(c1ccccc1)c1ccccc1)N1CCN(c2cnnc(N3CCOCC3)c2)CC1. The number of ether oxygens (including phenoxy) is 1. The average Bonchev–Trinajstić information content (AvgIpc) is 2.91. The zero-order chi connectivity index (χ0) is 22.5. The van der Waals surface area contributed by atoms with Crippen molar-refractivity contribution in [3.63, 3.8) is 0 Å². The molecule has 7 nitrogen and oxygen atoms in total. The summed E-state index contributed by atoms with van der Waals surface area (Å²) in [5.74, 6) is 0.769. The number of carbonyl (C=O) groups excluding carboxylic acids is 1. The number of anilines is 2. The van der Waals surface area contributed by atoms with E-state index in [0.717, 1.165) is 62.0 Å². The van der Waals surface area contributed by atoms with Gasteiger partial charge < -0.3 is 19.4 Å². The normalized spacial score (nSPS) is 16.8. The van der Waals surface area contributed by atoms with Crippen molar-refractivity contribution in [2.24, 2.45) is 0 Å². The van der Waals surface area contributed by atoms with Crippen molar-refractivity contribution < 1.29 is 9.53 Å². The van der Waals surface area contributed by atoms with Gasteiger partial charge in [0, 0.05) is 45.3 Å². The van der Waals surface area contributed by atoms with E-state index in [-0.39, 0.29) is 11.8 Å². The molecule has 170 valence electrons. The lowest BCUT2D eigenvalue weighted by molar-refractivity contribution is -0.132. The highest BCUT2D eigenvalue weighted by atomic mass is 16.5. The van der Waals surface area contributed by atoms with Crippen molar-refractivity contribution >= 4 is 17.4 Å². The Bertz CT molecular complexity index is 1010. The molecule has 0 atom stereocenters. The summed E-state index contributed by atoms with van der Waals surface area (Å²) in [5.41, 5.74) is 3.12. The van der Waals surface area contributed by atoms with Crippen LogP contribution in [0.25, 0.3) is 0 Å². The Labute approximate surface area is 194 Å². The standard InChI is InChI=1S/C26H29N5O2/c32-26(25(21-7-3-1-4-8-21)22-9-5-2-6-10-22)31-13-11-29(12-14-31)23-19-24(28-27-20-23)30-15-17-33-18-16-30/h1-10,19-20,25H,11-18H2. The number of morpholine rings is 1. The number of nitrogens with zero attached hydrogens (tertiary/aromatic N) is 5. The van der Waals surface area contributed by atoms with E-state index in [0.29, 0.717) is 13.1 Å². The van der Waals surface area contributed by atoms with E-state index in [1.54, 1.807) is 0 Å². The van der Waals surface area contributed by atoms with E-state index in [2.05, 4.69) is 26.1 Å². The lowest BCUT2D eigenvalue weighted by Crippen LogP contribution is -2.50. The van der Waals surface area contributed by atoms with Crippen LogP contribution in [0.4, 0.5) is 11.5 Å². The van der Waals surface area contributed by atoms with Crippen LogP contribution in [-0.2, 0) is 9.53 Å². The fraction of sp³-hybridized carbons (Fsp3) is 0.346. The van der Waals surface area contributed by atoms with Crippen LogP contribution in [0.15, 0.2) is 72.9 Å². The number of carbonyl (C=O) groups is 1. The molecule has 7 heteroatoms. The maximum absolute atomic E-state index is 13.7. The number of hydrogen-bond acceptors (Lipinski definition) is 6. The van der Waals surface area contributed by atoms with Gasteiger partial charge in [-0.15, -0.1) is 5.10 Å². The number of piperazine rings is 1. The smallest absolute Gasteiger partial charge is 0.234 e. The van der Waals surface area contributed by atoms with E-state index >= 15 is 0 Å². The minimum Gasteiger partial charge on any atom is -0.378 e. The van der Waals surface area contributed by atoms with E-state index in [1.807, 2.05) is 71.8 Å². The minimum absolute atomic E-state index is 0.161. The third-order valence-corrected chi connectivity index (χ3v) is 6.43. The van der Waals surface area contributed by atoms with E-state index in [4.69, 9.17) is 4.74 Å². The molecule has 3 heterocycles. The molecular formula is C26H29N5O2. The van der Waals surface area contributed by atoms with Crippen molar-refractivity contribution in [2.45, 2.75) is 5.92 Å². The molecule has 0 N–H and O–H groups in total. The number of benzene rings is 2. The first-order valence-corrected chi connectivity index (χ1v) is 11.6. The highest BCUT2D eigenvalue weighted by Crippen LogP contribution is 2.28. The molecule has 0 spiro atoms. The fourth-order valence-corrected chi connectivity index (χ4v) is 4.60. The van der Waals surface area contributed by atoms with Crippen LogP contribution in [-0.4, -0.2) is 73.5 Å². The van der Waals surface area contributed by atoms with Crippen LogP contribution in [0, 0.1) is 0 Å². The molecule has 5 rings (SSSR count). The highest BCUT2D eigenvalue weighted by Gasteiger charge is 2.30. The first kappa shape index (κ1) is 21.4. The minimum atomic E-state index is -0.283. The molecule has 0 aliphatic carbocycles. The number of amides is 1. The van der Waals surface area contributed by atoms with Crippen molar-refractivity contribution in [3.8, 4) is 0 Å². The molecule has 0 radical (unpaired) electrons. The Balaban J connectivity index is 1.29. The Morgan fingerprint density at radius 2 is 1.39 bits per heavy atom. The first-order chi connectivity index (χ1) is 16.3. The van der Waals surface area contributed by atoms with Crippen LogP contribution in [0.3, 0.4) is 0 Å². The van der Waals surface area contributed by atoms with Gasteiger partial charge in [0.1, 0.15) is 0 Å². The third kappa shape index (κ3) is 4.83. The van der Waals surface area contributed by atoms with Crippen LogP contribution in [0.5, 0.6) is 0 Å². The molecule has 0 bridgehead atoms. The molecular weight excluding hydrogens is 414 g/mol. The Morgan fingerprint density at radius 3 is 2.00 bits per heavy atom. The molecule has 2 fully saturated rings. The van der Waals surface area contributed by atoms with Gasteiger partial charge in [-0.05, 0) is 11.1 Å². The summed E-state index contributed by atoms with van der Waals surface area (Å²) in [7, 11) is 0. The van der Waals surface area contributed by atoms with Crippen LogP contribution < -0.4 is 9.80 Å². The van der Waals surface area contributed by atoms with Gasteiger partial charge in [-0.3, -0.25) is 4.79 Å². The maximum atomic E-state index is 13.7. The molecule has 0 unspecified atom stereocenters. The number of hydrogen-bond donors (Lipinski definition) is 0. The lowest BCUT2D eigenvalue weighted by atomic mass is 9.90. The van der Waals surface area contributed by atoms with Crippen molar-refractivity contribution in [2.75, 3.05) is 62.3 Å². The molecule has 2 aliphatic heterocycles. The summed E-state index contributed by atoms with van der Waals surface area (Å²) < 4.78 is 5.45.